The first-order chi connectivity index (χ1) is 9.81. The first-order valence-corrected chi connectivity index (χ1v) is 9.33. The lowest BCUT2D eigenvalue weighted by atomic mass is 10.1. The number of carbonyl (C=O) groups excluding carboxylic acids is 1. The monoisotopic (exact) mass is 300 g/mol. The van der Waals surface area contributed by atoms with Crippen molar-refractivity contribution in [1.29, 1.82) is 0 Å². The van der Waals surface area contributed by atoms with E-state index in [-0.39, 0.29) is 5.97 Å². The zero-order valence-electron chi connectivity index (χ0n) is 13.2. The quantitative estimate of drug-likeness (QED) is 0.231. The van der Waals surface area contributed by atoms with Crippen LogP contribution in [0.15, 0.2) is 12.7 Å². The summed E-state index contributed by atoms with van der Waals surface area (Å²) in [6.45, 7) is 6.14. The summed E-state index contributed by atoms with van der Waals surface area (Å²) in [5.41, 5.74) is 0. The third-order valence-corrected chi connectivity index (χ3v) is 4.31. The maximum absolute atomic E-state index is 10.8. The van der Waals surface area contributed by atoms with Crippen LogP contribution in [0.2, 0.25) is 0 Å². The van der Waals surface area contributed by atoms with Crippen molar-refractivity contribution in [2.45, 2.75) is 71.1 Å². The number of esters is 1. The van der Waals surface area contributed by atoms with E-state index in [2.05, 4.69) is 13.5 Å². The second kappa shape index (κ2) is 16.6. The van der Waals surface area contributed by atoms with Crippen LogP contribution in [0.5, 0.6) is 0 Å². The standard InChI is InChI=1S/C17H32O2S/c1-3-5-6-7-8-9-10-11-12-13-15-20-16-14-19-17(18)4-2/h4H,2-3,5-16H2,1H3. The van der Waals surface area contributed by atoms with Gasteiger partial charge in [0.2, 0.25) is 0 Å². The number of thioether (sulfide) groups is 1. The van der Waals surface area contributed by atoms with Crippen LogP contribution in [-0.2, 0) is 9.53 Å². The summed E-state index contributed by atoms with van der Waals surface area (Å²) in [6, 6.07) is 0. The summed E-state index contributed by atoms with van der Waals surface area (Å²) in [5.74, 6) is 1.77. The molecule has 0 aliphatic carbocycles. The molecule has 0 aromatic heterocycles. The molecule has 0 atom stereocenters. The third-order valence-electron chi connectivity index (χ3n) is 3.28. The molecule has 0 saturated heterocycles. The Morgan fingerprint density at radius 3 is 2.05 bits per heavy atom. The van der Waals surface area contributed by atoms with Gasteiger partial charge in [0.25, 0.3) is 0 Å². The lowest BCUT2D eigenvalue weighted by molar-refractivity contribution is -0.137. The van der Waals surface area contributed by atoms with Crippen LogP contribution in [0, 0.1) is 0 Å². The minimum atomic E-state index is -0.315. The van der Waals surface area contributed by atoms with Crippen LogP contribution in [0.1, 0.15) is 71.1 Å². The van der Waals surface area contributed by atoms with E-state index in [4.69, 9.17) is 4.74 Å². The van der Waals surface area contributed by atoms with Crippen molar-refractivity contribution in [3.05, 3.63) is 12.7 Å². The normalized spacial score (nSPS) is 10.4. The highest BCUT2D eigenvalue weighted by Gasteiger charge is 1.96. The smallest absolute Gasteiger partial charge is 0.330 e. The number of unbranched alkanes of at least 4 members (excludes halogenated alkanes) is 9. The lowest BCUT2D eigenvalue weighted by Gasteiger charge is -2.03. The molecule has 0 N–H and O–H groups in total. The average Bonchev–Trinajstić information content (AvgIpc) is 2.47. The molecule has 0 aliphatic heterocycles. The fourth-order valence-corrected chi connectivity index (χ4v) is 2.87. The Morgan fingerprint density at radius 2 is 1.50 bits per heavy atom. The van der Waals surface area contributed by atoms with Gasteiger partial charge in [-0.25, -0.2) is 4.79 Å². The van der Waals surface area contributed by atoms with Crippen molar-refractivity contribution in [3.8, 4) is 0 Å². The lowest BCUT2D eigenvalue weighted by Crippen LogP contribution is -2.03. The Bertz CT molecular complexity index is 229. The number of rotatable bonds is 15. The van der Waals surface area contributed by atoms with E-state index in [1.165, 1.54) is 76.0 Å². The highest BCUT2D eigenvalue weighted by Crippen LogP contribution is 2.12. The van der Waals surface area contributed by atoms with Gasteiger partial charge in [-0.15, -0.1) is 0 Å². The van der Waals surface area contributed by atoms with Crippen molar-refractivity contribution >= 4 is 17.7 Å². The van der Waals surface area contributed by atoms with E-state index in [1.807, 2.05) is 11.8 Å². The van der Waals surface area contributed by atoms with Gasteiger partial charge in [-0.1, -0.05) is 71.3 Å². The molecule has 118 valence electrons. The van der Waals surface area contributed by atoms with Crippen LogP contribution in [0.3, 0.4) is 0 Å². The van der Waals surface area contributed by atoms with Crippen molar-refractivity contribution in [2.75, 3.05) is 18.1 Å². The molecule has 20 heavy (non-hydrogen) atoms. The minimum absolute atomic E-state index is 0.315. The highest BCUT2D eigenvalue weighted by atomic mass is 32.2. The summed E-state index contributed by atoms with van der Waals surface area (Å²) in [6.07, 6.45) is 15.0. The van der Waals surface area contributed by atoms with E-state index in [0.29, 0.717) is 6.61 Å². The SMILES string of the molecule is C=CC(=O)OCCSCCCCCCCCCCCC. The molecule has 0 spiro atoms. The molecule has 0 fully saturated rings. The van der Waals surface area contributed by atoms with Gasteiger partial charge in [0.1, 0.15) is 6.61 Å². The molecule has 0 aromatic carbocycles. The molecule has 2 nitrogen and oxygen atoms in total. The van der Waals surface area contributed by atoms with Gasteiger partial charge in [0, 0.05) is 11.8 Å². The molecule has 0 aromatic rings. The Kier molecular flexibility index (Phi) is 16.2. The van der Waals surface area contributed by atoms with Crippen LogP contribution in [0.4, 0.5) is 0 Å². The highest BCUT2D eigenvalue weighted by molar-refractivity contribution is 7.99. The van der Waals surface area contributed by atoms with Gasteiger partial charge in [-0.3, -0.25) is 0 Å². The molecule has 0 saturated carbocycles. The predicted molar refractivity (Wildman–Crippen MR) is 90.3 cm³/mol. The van der Waals surface area contributed by atoms with Crippen LogP contribution >= 0.6 is 11.8 Å². The molecule has 0 amide bonds. The summed E-state index contributed by atoms with van der Waals surface area (Å²) in [5, 5.41) is 0. The molecule has 0 unspecified atom stereocenters. The van der Waals surface area contributed by atoms with E-state index >= 15 is 0 Å². The molecular weight excluding hydrogens is 268 g/mol. The molecule has 0 rings (SSSR count). The number of hydrogen-bond donors (Lipinski definition) is 0. The molecule has 0 heterocycles. The maximum atomic E-state index is 10.8. The van der Waals surface area contributed by atoms with E-state index in [1.54, 1.807) is 0 Å². The van der Waals surface area contributed by atoms with Gasteiger partial charge in [0.15, 0.2) is 0 Å². The summed E-state index contributed by atoms with van der Waals surface area (Å²) >= 11 is 1.87. The van der Waals surface area contributed by atoms with Gasteiger partial charge >= 0.3 is 5.97 Å². The van der Waals surface area contributed by atoms with Crippen LogP contribution < -0.4 is 0 Å². The summed E-state index contributed by atoms with van der Waals surface area (Å²) in [7, 11) is 0. The first kappa shape index (κ1) is 19.6. The van der Waals surface area contributed by atoms with Crippen molar-refractivity contribution in [2.24, 2.45) is 0 Å². The van der Waals surface area contributed by atoms with Crippen molar-refractivity contribution in [3.63, 3.8) is 0 Å². The van der Waals surface area contributed by atoms with E-state index in [0.717, 1.165) is 5.75 Å². The fraction of sp³-hybridized carbons (Fsp3) is 0.824. The summed E-state index contributed by atoms with van der Waals surface area (Å²) in [4.78, 5) is 10.8. The first-order valence-electron chi connectivity index (χ1n) is 8.18. The third kappa shape index (κ3) is 15.6. The zero-order valence-corrected chi connectivity index (χ0v) is 14.0. The van der Waals surface area contributed by atoms with Gasteiger partial charge in [-0.2, -0.15) is 11.8 Å². The van der Waals surface area contributed by atoms with Crippen molar-refractivity contribution in [1.82, 2.24) is 0 Å². The Labute approximate surface area is 129 Å². The molecular formula is C17H32O2S. The van der Waals surface area contributed by atoms with Gasteiger partial charge < -0.3 is 4.74 Å². The minimum Gasteiger partial charge on any atom is -0.462 e. The van der Waals surface area contributed by atoms with E-state index in [9.17, 15) is 4.79 Å². The van der Waals surface area contributed by atoms with Crippen molar-refractivity contribution < 1.29 is 9.53 Å². The Hall–Kier alpha value is -0.440. The zero-order chi connectivity index (χ0) is 14.9. The molecule has 0 radical (unpaired) electrons. The number of carbonyl (C=O) groups is 1. The molecule has 3 heteroatoms. The second-order valence-corrected chi connectivity index (χ2v) is 6.39. The maximum Gasteiger partial charge on any atom is 0.330 e. The summed E-state index contributed by atoms with van der Waals surface area (Å²) < 4.78 is 4.91. The largest absolute Gasteiger partial charge is 0.462 e. The van der Waals surface area contributed by atoms with Crippen LogP contribution in [-0.4, -0.2) is 24.1 Å². The van der Waals surface area contributed by atoms with Gasteiger partial charge in [0.05, 0.1) is 0 Å². The average molecular weight is 301 g/mol. The number of ether oxygens (including phenoxy) is 1. The van der Waals surface area contributed by atoms with E-state index < -0.39 is 0 Å². The second-order valence-electron chi connectivity index (χ2n) is 5.17. The van der Waals surface area contributed by atoms with Gasteiger partial charge in [-0.05, 0) is 12.2 Å². The Morgan fingerprint density at radius 1 is 0.950 bits per heavy atom. The van der Waals surface area contributed by atoms with Crippen LogP contribution in [0.25, 0.3) is 0 Å². The fourth-order valence-electron chi connectivity index (χ4n) is 2.05. The molecule has 0 bridgehead atoms. The molecule has 0 aliphatic rings. The number of hydrogen-bond acceptors (Lipinski definition) is 3. The predicted octanol–water partition coefficient (Wildman–Crippen LogP) is 5.37. The Balaban J connectivity index is 2.99. The topological polar surface area (TPSA) is 26.3 Å².